The molecular weight excluding hydrogens is 592 g/mol. The summed E-state index contributed by atoms with van der Waals surface area (Å²) >= 11 is 0. The Morgan fingerprint density at radius 2 is 1.57 bits per heavy atom. The fourth-order valence-electron chi connectivity index (χ4n) is 7.19. The van der Waals surface area contributed by atoms with Crippen molar-refractivity contribution in [1.82, 2.24) is 24.7 Å². The van der Waals surface area contributed by atoms with Crippen LogP contribution >= 0.6 is 0 Å². The van der Waals surface area contributed by atoms with Crippen LogP contribution in [0.25, 0.3) is 45.1 Å². The number of aliphatic hydroxyl groups excluding tert-OH is 1. The summed E-state index contributed by atoms with van der Waals surface area (Å²) in [5.74, 6) is 1.78. The lowest BCUT2D eigenvalue weighted by Crippen LogP contribution is -2.53. The van der Waals surface area contributed by atoms with Crippen molar-refractivity contribution in [2.45, 2.75) is 52.4 Å². The Hall–Kier alpha value is -4.82. The number of β-amino-alcohol motifs (C(OH)–C–C–N with tert-alkyl or cyclic N) is 1. The van der Waals surface area contributed by atoms with E-state index in [1.807, 2.05) is 35.2 Å². The van der Waals surface area contributed by atoms with Crippen LogP contribution < -0.4 is 0 Å². The minimum Gasteiger partial charge on any atom is -0.439 e. The average Bonchev–Trinajstić information content (AvgIpc) is 3.85. The minimum atomic E-state index is -0.331. The van der Waals surface area contributed by atoms with Crippen molar-refractivity contribution in [3.63, 3.8) is 0 Å². The van der Waals surface area contributed by atoms with Gasteiger partial charge in [0.25, 0.3) is 0 Å². The number of likely N-dealkylation sites (tertiary alicyclic amines) is 2. The molecule has 0 unspecified atom stereocenters. The predicted octanol–water partition coefficient (Wildman–Crippen LogP) is 5.42. The third kappa shape index (κ3) is 5.40. The number of nitriles is 1. The summed E-state index contributed by atoms with van der Waals surface area (Å²) in [6.45, 7) is 9.33. The van der Waals surface area contributed by atoms with Crippen LogP contribution in [0.2, 0.25) is 0 Å². The summed E-state index contributed by atoms with van der Waals surface area (Å²) in [5, 5.41) is 19.5. The van der Waals surface area contributed by atoms with Crippen molar-refractivity contribution in [1.29, 1.82) is 5.26 Å². The molecule has 0 spiro atoms. The molecule has 3 aliphatic rings. The summed E-state index contributed by atoms with van der Waals surface area (Å²) in [7, 11) is 0. The molecule has 0 saturated carbocycles. The molecule has 2 fully saturated rings. The first kappa shape index (κ1) is 29.6. The second kappa shape index (κ2) is 11.8. The van der Waals surface area contributed by atoms with Gasteiger partial charge in [0.05, 0.1) is 31.3 Å². The smallest absolute Gasteiger partial charge is 0.237 e. The first-order valence-corrected chi connectivity index (χ1v) is 16.3. The van der Waals surface area contributed by atoms with Crippen molar-refractivity contribution < 1.29 is 18.7 Å². The van der Waals surface area contributed by atoms with Gasteiger partial charge in [0, 0.05) is 30.8 Å². The lowest BCUT2D eigenvalue weighted by molar-refractivity contribution is -0.136. The molecule has 3 aromatic carbocycles. The number of aliphatic hydroxyl groups is 1. The predicted molar refractivity (Wildman–Crippen MR) is 176 cm³/mol. The molecule has 0 bridgehead atoms. The van der Waals surface area contributed by atoms with Crippen LogP contribution in [-0.4, -0.2) is 74.5 Å². The standard InChI is InChI=1S/C37H36N6O4/c1-22-27(7-5-9-29(22)36-40-32-19-43(20-33(32)46-36)34(45)21-42-17-26(44)18-42)28-8-6-10-30(23(28)2)37-39-31-14-24(16-41-11-3-4-12-41)13-25(15-38)35(31)47-37/h5-10,13-14,26,44H,3-4,11-12,16-21H2,1-2H3. The minimum absolute atomic E-state index is 0.0190. The molecule has 0 radical (unpaired) electrons. The fraction of sp³-hybridized carbons (Fsp3) is 0.351. The monoisotopic (exact) mass is 628 g/mol. The lowest BCUT2D eigenvalue weighted by Gasteiger charge is -2.35. The first-order valence-electron chi connectivity index (χ1n) is 16.3. The number of fused-ring (bicyclic) bond motifs is 2. The SMILES string of the molecule is Cc1c(-c2nc3c(o2)CN(C(=O)CN2CC(O)C2)C3)cccc1-c1cccc(-c2nc3cc(CN4CCCC4)cc(C#N)c3o2)c1C. The topological polar surface area (TPSA) is 123 Å². The maximum absolute atomic E-state index is 12.8. The Morgan fingerprint density at radius 1 is 0.915 bits per heavy atom. The van der Waals surface area contributed by atoms with Crippen LogP contribution in [0.15, 0.2) is 57.4 Å². The van der Waals surface area contributed by atoms with Crippen molar-refractivity contribution in [3.8, 4) is 40.1 Å². The Kier molecular flexibility index (Phi) is 7.40. The zero-order valence-corrected chi connectivity index (χ0v) is 26.6. The molecule has 47 heavy (non-hydrogen) atoms. The van der Waals surface area contributed by atoms with Crippen molar-refractivity contribution in [2.24, 2.45) is 0 Å². The Morgan fingerprint density at radius 3 is 2.21 bits per heavy atom. The molecule has 8 rings (SSSR count). The number of oxazole rings is 2. The lowest BCUT2D eigenvalue weighted by atomic mass is 9.91. The second-order valence-corrected chi connectivity index (χ2v) is 13.0. The van der Waals surface area contributed by atoms with Crippen LogP contribution in [0.1, 0.15) is 46.5 Å². The van der Waals surface area contributed by atoms with Gasteiger partial charge in [-0.1, -0.05) is 24.3 Å². The van der Waals surface area contributed by atoms with Gasteiger partial charge in [-0.15, -0.1) is 0 Å². The van der Waals surface area contributed by atoms with Gasteiger partial charge in [-0.05, 0) is 91.9 Å². The summed E-state index contributed by atoms with van der Waals surface area (Å²) in [6, 6.07) is 18.5. The van der Waals surface area contributed by atoms with Crippen LogP contribution in [0, 0.1) is 25.2 Å². The summed E-state index contributed by atoms with van der Waals surface area (Å²) in [4.78, 5) is 28.6. The van der Waals surface area contributed by atoms with Gasteiger partial charge < -0.3 is 18.8 Å². The van der Waals surface area contributed by atoms with E-state index in [1.54, 1.807) is 4.90 Å². The number of carbonyl (C=O) groups is 1. The zero-order chi connectivity index (χ0) is 32.2. The quantitative estimate of drug-likeness (QED) is 0.252. The molecule has 10 heteroatoms. The van der Waals surface area contributed by atoms with E-state index in [1.165, 1.54) is 12.8 Å². The number of hydrogen-bond donors (Lipinski definition) is 1. The van der Waals surface area contributed by atoms with Gasteiger partial charge >= 0.3 is 0 Å². The van der Waals surface area contributed by atoms with Gasteiger partial charge in [-0.2, -0.15) is 5.26 Å². The summed E-state index contributed by atoms with van der Waals surface area (Å²) in [5.41, 5.74) is 9.54. The molecule has 1 amide bonds. The largest absolute Gasteiger partial charge is 0.439 e. The van der Waals surface area contributed by atoms with Gasteiger partial charge in [-0.3, -0.25) is 14.6 Å². The van der Waals surface area contributed by atoms with Gasteiger partial charge in [0.2, 0.25) is 17.7 Å². The Balaban J connectivity index is 1.06. The zero-order valence-electron chi connectivity index (χ0n) is 26.6. The van der Waals surface area contributed by atoms with Crippen LogP contribution in [0.5, 0.6) is 0 Å². The normalized spacial score (nSPS) is 16.9. The van der Waals surface area contributed by atoms with E-state index in [4.69, 9.17) is 18.8 Å². The van der Waals surface area contributed by atoms with Crippen molar-refractivity contribution in [3.05, 3.63) is 82.2 Å². The molecule has 3 aliphatic heterocycles. The second-order valence-electron chi connectivity index (χ2n) is 13.0. The molecular formula is C37H36N6O4. The Bertz CT molecular complexity index is 2040. The molecule has 0 atom stereocenters. The van der Waals surface area contributed by atoms with E-state index < -0.39 is 0 Å². The third-order valence-electron chi connectivity index (χ3n) is 9.80. The number of carbonyl (C=O) groups excluding carboxylic acids is 1. The molecule has 5 heterocycles. The fourth-order valence-corrected chi connectivity index (χ4v) is 7.19. The number of benzene rings is 3. The van der Waals surface area contributed by atoms with Gasteiger partial charge in [-0.25, -0.2) is 9.97 Å². The number of aromatic nitrogens is 2. The highest BCUT2D eigenvalue weighted by Crippen LogP contribution is 2.39. The Labute approximate surface area is 272 Å². The van der Waals surface area contributed by atoms with Crippen LogP contribution in [0.3, 0.4) is 0 Å². The maximum Gasteiger partial charge on any atom is 0.237 e. The summed E-state index contributed by atoms with van der Waals surface area (Å²) in [6.07, 6.45) is 2.10. The average molecular weight is 629 g/mol. The molecule has 238 valence electrons. The van der Waals surface area contributed by atoms with E-state index in [2.05, 4.69) is 43.0 Å². The van der Waals surface area contributed by atoms with E-state index in [-0.39, 0.29) is 12.0 Å². The maximum atomic E-state index is 12.8. The van der Waals surface area contributed by atoms with Crippen molar-refractivity contribution >= 4 is 17.0 Å². The molecule has 2 saturated heterocycles. The van der Waals surface area contributed by atoms with Crippen molar-refractivity contribution in [2.75, 3.05) is 32.7 Å². The number of nitrogens with zero attached hydrogens (tertiary/aromatic N) is 6. The first-order chi connectivity index (χ1) is 22.8. The van der Waals surface area contributed by atoms with E-state index in [0.717, 1.165) is 70.0 Å². The number of hydrogen-bond acceptors (Lipinski definition) is 9. The highest BCUT2D eigenvalue weighted by atomic mass is 16.4. The van der Waals surface area contributed by atoms with Crippen LogP contribution in [-0.2, 0) is 24.4 Å². The molecule has 2 aromatic heterocycles. The van der Waals surface area contributed by atoms with Crippen LogP contribution in [0.4, 0.5) is 0 Å². The number of rotatable bonds is 7. The van der Waals surface area contributed by atoms with E-state index in [9.17, 15) is 15.2 Å². The van der Waals surface area contributed by atoms with E-state index in [0.29, 0.717) is 61.2 Å². The number of amides is 1. The van der Waals surface area contributed by atoms with E-state index >= 15 is 0 Å². The molecule has 0 aliphatic carbocycles. The molecule has 10 nitrogen and oxygen atoms in total. The van der Waals surface area contributed by atoms with Gasteiger partial charge in [0.1, 0.15) is 23.0 Å². The highest BCUT2D eigenvalue weighted by molar-refractivity contribution is 5.85. The molecule has 1 N–H and O–H groups in total. The highest BCUT2D eigenvalue weighted by Gasteiger charge is 2.33. The summed E-state index contributed by atoms with van der Waals surface area (Å²) < 4.78 is 12.5. The van der Waals surface area contributed by atoms with Gasteiger partial charge in [0.15, 0.2) is 5.58 Å². The third-order valence-corrected chi connectivity index (χ3v) is 9.80. The molecule has 5 aromatic rings.